The molecule has 0 saturated carbocycles. The molecule has 0 radical (unpaired) electrons. The van der Waals surface area contributed by atoms with E-state index in [0.717, 1.165) is 4.46 Å². The number of nitrogens with zero attached hydrogens (tertiary/aromatic N) is 1. The first-order chi connectivity index (χ1) is 12.7. The molecule has 144 valence electrons. The van der Waals surface area contributed by atoms with Gasteiger partial charge in [-0.3, -0.25) is 0 Å². The summed E-state index contributed by atoms with van der Waals surface area (Å²) < 4.78 is 39.5. The molecule has 27 heavy (non-hydrogen) atoms. The van der Waals surface area contributed by atoms with Gasteiger partial charge in [-0.05, 0) is 0 Å². The third kappa shape index (κ3) is 5.84. The average Bonchev–Trinajstić information content (AvgIpc) is 2.64. The molecule has 1 unspecified atom stereocenters. The number of halogens is 3. The molecule has 0 aromatic heterocycles. The van der Waals surface area contributed by atoms with Crippen molar-refractivity contribution in [2.45, 2.75) is 17.0 Å². The van der Waals surface area contributed by atoms with Gasteiger partial charge in [0, 0.05) is 0 Å². The molecule has 0 fully saturated rings. The van der Waals surface area contributed by atoms with Crippen molar-refractivity contribution >= 4 is 31.2 Å². The Labute approximate surface area is 161 Å². The van der Waals surface area contributed by atoms with E-state index in [1.165, 1.54) is 4.90 Å². The number of carbonyl (C=O) groups is 2. The zero-order valence-electron chi connectivity index (χ0n) is 14.7. The summed E-state index contributed by atoms with van der Waals surface area (Å²) in [6.45, 7) is 0. The van der Waals surface area contributed by atoms with Crippen molar-refractivity contribution in [1.29, 1.82) is 0 Å². The number of amides is 2. The second kappa shape index (κ2) is 9.06. The number of benzene rings is 2. The normalized spacial score (nSPS) is 13.5. The first-order valence-corrected chi connectivity index (χ1v) is 9.90. The second-order valence-electron chi connectivity index (χ2n) is 5.94. The summed E-state index contributed by atoms with van der Waals surface area (Å²) in [6, 6.07) is 16.3. The van der Waals surface area contributed by atoms with Crippen molar-refractivity contribution in [2.24, 2.45) is 0 Å². The van der Waals surface area contributed by atoms with Gasteiger partial charge in [0.05, 0.1) is 0 Å². The molecule has 2 atom stereocenters. The molecule has 0 aliphatic carbocycles. The topological polar surface area (TPSA) is 49.4 Å². The van der Waals surface area contributed by atoms with Crippen molar-refractivity contribution in [1.82, 2.24) is 10.2 Å². The van der Waals surface area contributed by atoms with Crippen LogP contribution in [0.15, 0.2) is 60.7 Å². The van der Waals surface area contributed by atoms with Crippen LogP contribution >= 0.6 is 0 Å². The van der Waals surface area contributed by atoms with Gasteiger partial charge < -0.3 is 0 Å². The summed E-state index contributed by atoms with van der Waals surface area (Å²) in [5.41, 5.74) is 0.452. The summed E-state index contributed by atoms with van der Waals surface area (Å²) in [7, 11) is 3.09. The molecule has 8 heteroatoms. The van der Waals surface area contributed by atoms with E-state index in [1.54, 1.807) is 56.6 Å². The van der Waals surface area contributed by atoms with E-state index in [9.17, 15) is 22.8 Å². The van der Waals surface area contributed by atoms with Crippen LogP contribution in [0.4, 0.5) is 13.2 Å². The van der Waals surface area contributed by atoms with Gasteiger partial charge in [-0.25, -0.2) is 0 Å². The summed E-state index contributed by atoms with van der Waals surface area (Å²) in [6.07, 6.45) is -5.03. The Morgan fingerprint density at radius 2 is 1.48 bits per heavy atom. The number of alkyl halides is 3. The van der Waals surface area contributed by atoms with E-state index in [1.807, 2.05) is 23.5 Å². The Bertz CT molecular complexity index is 768. The van der Waals surface area contributed by atoms with Gasteiger partial charge in [-0.2, -0.15) is 0 Å². The molecule has 2 aromatic rings. The monoisotopic (exact) mass is 444 g/mol. The Kier molecular flexibility index (Phi) is 7.04. The molecule has 0 heterocycles. The molecule has 2 amide bonds. The molecule has 4 nitrogen and oxygen atoms in total. The fourth-order valence-electron chi connectivity index (χ4n) is 2.38. The van der Waals surface area contributed by atoms with Crippen LogP contribution in [0.3, 0.4) is 0 Å². The number of carbonyl (C=O) groups excluding carboxylic acids is 2. The van der Waals surface area contributed by atoms with E-state index in [0.29, 0.717) is 5.56 Å². The van der Waals surface area contributed by atoms with E-state index in [2.05, 4.69) is 0 Å². The molecule has 0 aliphatic heterocycles. The van der Waals surface area contributed by atoms with Crippen molar-refractivity contribution in [3.63, 3.8) is 0 Å². The minimum atomic E-state index is -5.03. The van der Waals surface area contributed by atoms with Crippen molar-refractivity contribution in [3.05, 3.63) is 66.2 Å². The molecule has 0 aliphatic rings. The van der Waals surface area contributed by atoms with Gasteiger partial charge >= 0.3 is 162 Å². The summed E-state index contributed by atoms with van der Waals surface area (Å²) in [4.78, 5) is 25.0. The minimum absolute atomic E-state index is 0.338. The fourth-order valence-corrected chi connectivity index (χ4v) is 5.06. The Hall–Kier alpha value is -2.31. The molecule has 2 aromatic carbocycles. The van der Waals surface area contributed by atoms with Crippen LogP contribution in [0, 0.1) is 0 Å². The Balaban J connectivity index is 2.45. The standard InChI is InChI=1S/C19H19F3N2O2Se/c1-24(2)17(25)16(27-14-11-7-4-8-12-14)15(13-9-5-3-6-10-13)23-18(26)19(20,21)22/h3-12,15-16H,1-2H3,(H,23,26)/t15-,16?/m0/s1. The van der Waals surface area contributed by atoms with Crippen LogP contribution in [0.25, 0.3) is 0 Å². The van der Waals surface area contributed by atoms with Crippen LogP contribution in [-0.4, -0.2) is 51.9 Å². The van der Waals surface area contributed by atoms with E-state index in [-0.39, 0.29) is 5.91 Å². The summed E-state index contributed by atoms with van der Waals surface area (Å²) in [5.74, 6) is -2.40. The third-order valence-electron chi connectivity index (χ3n) is 3.70. The molecule has 0 bridgehead atoms. The average molecular weight is 443 g/mol. The number of hydrogen-bond acceptors (Lipinski definition) is 2. The SMILES string of the molecule is CN(C)C(=O)C([Se]c1ccccc1)[C@@H](NC(=O)C(F)(F)F)c1ccccc1. The van der Waals surface area contributed by atoms with Gasteiger partial charge in [0.15, 0.2) is 0 Å². The molecule has 2 rings (SSSR count). The molecular formula is C19H19F3N2O2Se. The van der Waals surface area contributed by atoms with Crippen LogP contribution < -0.4 is 9.78 Å². The maximum absolute atomic E-state index is 12.9. The predicted octanol–water partition coefficient (Wildman–Crippen LogP) is 2.31. The van der Waals surface area contributed by atoms with E-state index >= 15 is 0 Å². The first kappa shape index (κ1) is 21.0. The van der Waals surface area contributed by atoms with Crippen molar-refractivity contribution in [2.75, 3.05) is 14.1 Å². The van der Waals surface area contributed by atoms with Crippen LogP contribution in [0.5, 0.6) is 0 Å². The maximum atomic E-state index is 12.9. The fraction of sp³-hybridized carbons (Fsp3) is 0.263. The summed E-state index contributed by atoms with van der Waals surface area (Å²) in [5, 5.41) is 2.03. The van der Waals surface area contributed by atoms with Crippen molar-refractivity contribution in [3.8, 4) is 0 Å². The Morgan fingerprint density at radius 1 is 0.963 bits per heavy atom. The van der Waals surface area contributed by atoms with Gasteiger partial charge in [0.25, 0.3) is 0 Å². The van der Waals surface area contributed by atoms with Gasteiger partial charge in [-0.1, -0.05) is 0 Å². The van der Waals surface area contributed by atoms with Crippen LogP contribution in [0.1, 0.15) is 11.6 Å². The Morgan fingerprint density at radius 3 is 1.96 bits per heavy atom. The van der Waals surface area contributed by atoms with Crippen LogP contribution in [0.2, 0.25) is 4.82 Å². The second-order valence-corrected chi connectivity index (χ2v) is 8.49. The van der Waals surface area contributed by atoms with E-state index < -0.39 is 37.9 Å². The quantitative estimate of drug-likeness (QED) is 0.697. The van der Waals surface area contributed by atoms with Crippen molar-refractivity contribution < 1.29 is 22.8 Å². The summed E-state index contributed by atoms with van der Waals surface area (Å²) >= 11 is -0.498. The van der Waals surface area contributed by atoms with Gasteiger partial charge in [-0.15, -0.1) is 0 Å². The number of hydrogen-bond donors (Lipinski definition) is 1. The molecule has 0 saturated heterocycles. The van der Waals surface area contributed by atoms with E-state index in [4.69, 9.17) is 0 Å². The van der Waals surface area contributed by atoms with Crippen LogP contribution in [-0.2, 0) is 9.59 Å². The molecule has 0 spiro atoms. The number of rotatable bonds is 6. The zero-order chi connectivity index (χ0) is 20.0. The third-order valence-corrected chi connectivity index (χ3v) is 6.36. The molecular weight excluding hydrogens is 424 g/mol. The van der Waals surface area contributed by atoms with Gasteiger partial charge in [0.2, 0.25) is 0 Å². The number of nitrogens with one attached hydrogen (secondary N) is 1. The van der Waals surface area contributed by atoms with Gasteiger partial charge in [0.1, 0.15) is 0 Å². The predicted molar refractivity (Wildman–Crippen MR) is 97.7 cm³/mol. The zero-order valence-corrected chi connectivity index (χ0v) is 16.4. The first-order valence-electron chi connectivity index (χ1n) is 8.05. The molecule has 1 N–H and O–H groups in total.